The van der Waals surface area contributed by atoms with Gasteiger partial charge in [-0.25, -0.2) is 0 Å². The summed E-state index contributed by atoms with van der Waals surface area (Å²) in [5, 5.41) is 0. The zero-order valence-corrected chi connectivity index (χ0v) is 7.40. The summed E-state index contributed by atoms with van der Waals surface area (Å²) in [5.74, 6) is 0.104. The molecule has 1 rings (SSSR count). The van der Waals surface area contributed by atoms with E-state index in [-0.39, 0.29) is 5.56 Å². The van der Waals surface area contributed by atoms with E-state index < -0.39 is 5.91 Å². The fraction of sp³-hybridized carbons (Fsp3) is 0.250. The van der Waals surface area contributed by atoms with Crippen molar-refractivity contribution in [2.75, 3.05) is 14.2 Å². The fourth-order valence-electron chi connectivity index (χ4n) is 0.961. The molecule has 13 heavy (non-hydrogen) atoms. The van der Waals surface area contributed by atoms with Crippen LogP contribution in [0, 0.1) is 0 Å². The van der Waals surface area contributed by atoms with Crippen molar-refractivity contribution in [3.63, 3.8) is 0 Å². The van der Waals surface area contributed by atoms with Crippen molar-refractivity contribution in [3.05, 3.63) is 18.0 Å². The van der Waals surface area contributed by atoms with Gasteiger partial charge in [0.1, 0.15) is 5.56 Å². The number of nitrogens with zero attached hydrogens (tertiary/aromatic N) is 1. The number of carbonyl (C=O) groups excluding carboxylic acids is 1. The van der Waals surface area contributed by atoms with E-state index in [2.05, 4.69) is 4.98 Å². The Morgan fingerprint density at radius 3 is 2.54 bits per heavy atom. The fourth-order valence-corrected chi connectivity index (χ4v) is 0.961. The first-order valence-corrected chi connectivity index (χ1v) is 3.56. The van der Waals surface area contributed by atoms with E-state index in [0.29, 0.717) is 11.5 Å². The first-order chi connectivity index (χ1) is 6.20. The van der Waals surface area contributed by atoms with Gasteiger partial charge >= 0.3 is 0 Å². The number of amides is 1. The second-order valence-corrected chi connectivity index (χ2v) is 2.29. The maximum atomic E-state index is 10.9. The molecule has 0 radical (unpaired) electrons. The second kappa shape index (κ2) is 3.75. The van der Waals surface area contributed by atoms with Crippen molar-refractivity contribution in [2.45, 2.75) is 0 Å². The molecular formula is C8H10N2O3. The first kappa shape index (κ1) is 9.31. The van der Waals surface area contributed by atoms with Crippen molar-refractivity contribution in [1.82, 2.24) is 4.98 Å². The highest BCUT2D eigenvalue weighted by Gasteiger charge is 2.13. The Hall–Kier alpha value is -1.78. The molecule has 0 spiro atoms. The lowest BCUT2D eigenvalue weighted by molar-refractivity contribution is 0.0996. The van der Waals surface area contributed by atoms with Gasteiger partial charge in [-0.15, -0.1) is 0 Å². The average molecular weight is 182 g/mol. The van der Waals surface area contributed by atoms with Gasteiger partial charge in [0, 0.05) is 6.20 Å². The maximum absolute atomic E-state index is 10.9. The molecule has 0 saturated heterocycles. The SMILES string of the molecule is COc1cncc(C(N)=O)c1OC. The van der Waals surface area contributed by atoms with Crippen LogP contribution in [-0.4, -0.2) is 25.1 Å². The van der Waals surface area contributed by atoms with Crippen molar-refractivity contribution in [3.8, 4) is 11.5 Å². The molecule has 0 atom stereocenters. The molecule has 1 heterocycles. The summed E-state index contributed by atoms with van der Waals surface area (Å²) in [6, 6.07) is 0. The van der Waals surface area contributed by atoms with Crippen LogP contribution < -0.4 is 15.2 Å². The van der Waals surface area contributed by atoms with Gasteiger partial charge < -0.3 is 15.2 Å². The van der Waals surface area contributed by atoms with E-state index in [4.69, 9.17) is 15.2 Å². The number of methoxy groups -OCH3 is 2. The third kappa shape index (κ3) is 1.69. The van der Waals surface area contributed by atoms with E-state index >= 15 is 0 Å². The number of aromatic nitrogens is 1. The Kier molecular flexibility index (Phi) is 2.69. The Labute approximate surface area is 75.5 Å². The molecule has 0 aliphatic rings. The molecule has 0 bridgehead atoms. The van der Waals surface area contributed by atoms with Crippen LogP contribution in [0.25, 0.3) is 0 Å². The smallest absolute Gasteiger partial charge is 0.254 e. The number of hydrogen-bond donors (Lipinski definition) is 1. The molecule has 1 aromatic rings. The number of ether oxygens (including phenoxy) is 2. The van der Waals surface area contributed by atoms with Gasteiger partial charge in [-0.05, 0) is 0 Å². The summed E-state index contributed by atoms with van der Waals surface area (Å²) < 4.78 is 9.89. The Morgan fingerprint density at radius 2 is 2.08 bits per heavy atom. The van der Waals surface area contributed by atoms with Gasteiger partial charge in [0.25, 0.3) is 5.91 Å². The minimum atomic E-state index is -0.594. The maximum Gasteiger partial charge on any atom is 0.254 e. The predicted octanol–water partition coefficient (Wildman–Crippen LogP) is 0.198. The normalized spacial score (nSPS) is 9.38. The summed E-state index contributed by atoms with van der Waals surface area (Å²) >= 11 is 0. The standard InChI is InChI=1S/C8H10N2O3/c1-12-6-4-10-3-5(8(9)11)7(6)13-2/h3-4H,1-2H3,(H2,9,11). The van der Waals surface area contributed by atoms with E-state index in [0.717, 1.165) is 0 Å². The molecule has 2 N–H and O–H groups in total. The van der Waals surface area contributed by atoms with Crippen LogP contribution in [0.1, 0.15) is 10.4 Å². The van der Waals surface area contributed by atoms with Crippen LogP contribution in [0.5, 0.6) is 11.5 Å². The lowest BCUT2D eigenvalue weighted by Crippen LogP contribution is -2.13. The topological polar surface area (TPSA) is 74.4 Å². The van der Waals surface area contributed by atoms with Crippen molar-refractivity contribution in [1.29, 1.82) is 0 Å². The van der Waals surface area contributed by atoms with E-state index in [1.165, 1.54) is 26.6 Å². The highest BCUT2D eigenvalue weighted by molar-refractivity contribution is 5.96. The van der Waals surface area contributed by atoms with Gasteiger partial charge in [0.2, 0.25) is 0 Å². The van der Waals surface area contributed by atoms with Crippen LogP contribution in [0.15, 0.2) is 12.4 Å². The molecule has 5 nitrogen and oxygen atoms in total. The monoisotopic (exact) mass is 182 g/mol. The highest BCUT2D eigenvalue weighted by atomic mass is 16.5. The van der Waals surface area contributed by atoms with Gasteiger partial charge in [0.15, 0.2) is 11.5 Å². The molecule has 1 amide bonds. The Morgan fingerprint density at radius 1 is 1.38 bits per heavy atom. The molecule has 70 valence electrons. The summed E-state index contributed by atoms with van der Waals surface area (Å²) in [5.41, 5.74) is 5.31. The number of nitrogens with two attached hydrogens (primary N) is 1. The molecule has 1 aromatic heterocycles. The predicted molar refractivity (Wildman–Crippen MR) is 45.9 cm³/mol. The largest absolute Gasteiger partial charge is 0.492 e. The second-order valence-electron chi connectivity index (χ2n) is 2.29. The van der Waals surface area contributed by atoms with Crippen molar-refractivity contribution >= 4 is 5.91 Å². The van der Waals surface area contributed by atoms with Crippen LogP contribution in [0.2, 0.25) is 0 Å². The third-order valence-corrected chi connectivity index (χ3v) is 1.55. The Balaban J connectivity index is 3.27. The number of primary amides is 1. The minimum absolute atomic E-state index is 0.210. The van der Waals surface area contributed by atoms with Crippen LogP contribution in [0.4, 0.5) is 0 Å². The van der Waals surface area contributed by atoms with E-state index in [1.807, 2.05) is 0 Å². The van der Waals surface area contributed by atoms with E-state index in [9.17, 15) is 4.79 Å². The van der Waals surface area contributed by atoms with Crippen LogP contribution in [0.3, 0.4) is 0 Å². The summed E-state index contributed by atoms with van der Waals surface area (Å²) in [7, 11) is 2.90. The number of hydrogen-bond acceptors (Lipinski definition) is 4. The van der Waals surface area contributed by atoms with Crippen LogP contribution in [-0.2, 0) is 0 Å². The molecular weight excluding hydrogens is 172 g/mol. The average Bonchev–Trinajstić information content (AvgIpc) is 2.16. The van der Waals surface area contributed by atoms with Gasteiger partial charge in [0.05, 0.1) is 20.4 Å². The lowest BCUT2D eigenvalue weighted by atomic mass is 10.2. The van der Waals surface area contributed by atoms with Crippen molar-refractivity contribution in [2.24, 2.45) is 5.73 Å². The van der Waals surface area contributed by atoms with Gasteiger partial charge in [-0.1, -0.05) is 0 Å². The third-order valence-electron chi connectivity index (χ3n) is 1.55. The zero-order chi connectivity index (χ0) is 9.84. The molecule has 0 unspecified atom stereocenters. The zero-order valence-electron chi connectivity index (χ0n) is 7.40. The van der Waals surface area contributed by atoms with Crippen LogP contribution >= 0.6 is 0 Å². The molecule has 5 heteroatoms. The Bertz CT molecular complexity index is 325. The summed E-state index contributed by atoms with van der Waals surface area (Å²) in [4.78, 5) is 14.7. The molecule has 0 aliphatic heterocycles. The molecule has 0 aromatic carbocycles. The summed E-state index contributed by atoms with van der Waals surface area (Å²) in [6.45, 7) is 0. The molecule has 0 aliphatic carbocycles. The molecule has 0 fully saturated rings. The van der Waals surface area contributed by atoms with Crippen molar-refractivity contribution < 1.29 is 14.3 Å². The van der Waals surface area contributed by atoms with Gasteiger partial charge in [-0.2, -0.15) is 0 Å². The highest BCUT2D eigenvalue weighted by Crippen LogP contribution is 2.28. The summed E-state index contributed by atoms with van der Waals surface area (Å²) in [6.07, 6.45) is 2.79. The van der Waals surface area contributed by atoms with Gasteiger partial charge in [-0.3, -0.25) is 9.78 Å². The number of carbonyl (C=O) groups is 1. The number of rotatable bonds is 3. The van der Waals surface area contributed by atoms with E-state index in [1.54, 1.807) is 0 Å². The minimum Gasteiger partial charge on any atom is -0.492 e. The number of pyridine rings is 1. The first-order valence-electron chi connectivity index (χ1n) is 3.56. The lowest BCUT2D eigenvalue weighted by Gasteiger charge is -2.08. The molecule has 0 saturated carbocycles. The quantitative estimate of drug-likeness (QED) is 0.724.